The summed E-state index contributed by atoms with van der Waals surface area (Å²) in [5.74, 6) is -0.660. The standard InChI is InChI=1S/C29H36FN5O4S/c1-2-18-39-24-10-6-22(7-11-24)32-26(36)19-25-28(38)35(23-8-4-21(30)5-9-23)29(40)34(25)15-3-14-33-16-12-20(13-17-33)27(31)37/h4-11,20,25H,2-3,12-19H2,1H3,(H2,31,37)(H,32,36)/t25-/m0/s1. The van der Waals surface area contributed by atoms with Crippen LogP contribution < -0.4 is 20.7 Å². The number of primary amides is 1. The molecule has 2 aliphatic rings. The average Bonchev–Trinajstić information content (AvgIpc) is 3.17. The largest absolute Gasteiger partial charge is 0.494 e. The second-order valence-electron chi connectivity index (χ2n) is 10.1. The number of ether oxygens (including phenoxy) is 1. The molecule has 9 nitrogen and oxygen atoms in total. The van der Waals surface area contributed by atoms with Gasteiger partial charge in [-0.05, 0) is 106 Å². The Morgan fingerprint density at radius 3 is 2.38 bits per heavy atom. The molecule has 0 aliphatic carbocycles. The molecule has 0 unspecified atom stereocenters. The van der Waals surface area contributed by atoms with Gasteiger partial charge in [-0.25, -0.2) is 4.39 Å². The minimum absolute atomic E-state index is 0.0766. The van der Waals surface area contributed by atoms with Crippen LogP contribution in [0.2, 0.25) is 0 Å². The molecule has 40 heavy (non-hydrogen) atoms. The number of likely N-dealkylation sites (tertiary alicyclic amines) is 1. The number of nitrogens with two attached hydrogens (primary N) is 1. The smallest absolute Gasteiger partial charge is 0.256 e. The van der Waals surface area contributed by atoms with Crippen LogP contribution in [-0.4, -0.2) is 71.5 Å². The number of rotatable bonds is 12. The first-order valence-electron chi connectivity index (χ1n) is 13.7. The Morgan fingerprint density at radius 2 is 1.75 bits per heavy atom. The van der Waals surface area contributed by atoms with Crippen LogP contribution in [0.3, 0.4) is 0 Å². The van der Waals surface area contributed by atoms with Crippen molar-refractivity contribution >= 4 is 46.4 Å². The van der Waals surface area contributed by atoms with Crippen molar-refractivity contribution in [2.24, 2.45) is 11.7 Å². The average molecular weight is 570 g/mol. The van der Waals surface area contributed by atoms with Gasteiger partial charge in [-0.2, -0.15) is 0 Å². The summed E-state index contributed by atoms with van der Waals surface area (Å²) in [6, 6.07) is 11.9. The van der Waals surface area contributed by atoms with Crippen LogP contribution >= 0.6 is 12.2 Å². The molecule has 2 saturated heterocycles. The Bertz CT molecular complexity index is 1200. The maximum absolute atomic E-state index is 13.6. The Labute approximate surface area is 239 Å². The van der Waals surface area contributed by atoms with Crippen molar-refractivity contribution in [1.82, 2.24) is 9.80 Å². The van der Waals surface area contributed by atoms with Gasteiger partial charge in [0, 0.05) is 18.2 Å². The van der Waals surface area contributed by atoms with E-state index in [1.165, 1.54) is 29.2 Å². The van der Waals surface area contributed by atoms with Gasteiger partial charge in [0.25, 0.3) is 5.91 Å². The summed E-state index contributed by atoms with van der Waals surface area (Å²) in [7, 11) is 0. The van der Waals surface area contributed by atoms with Gasteiger partial charge in [0.2, 0.25) is 11.8 Å². The number of benzene rings is 2. The third kappa shape index (κ3) is 7.33. The van der Waals surface area contributed by atoms with Crippen LogP contribution in [0.15, 0.2) is 48.5 Å². The molecular formula is C29H36FN5O4S. The number of halogens is 1. The summed E-state index contributed by atoms with van der Waals surface area (Å²) in [6.07, 6.45) is 3.00. The number of nitrogens with one attached hydrogen (secondary N) is 1. The summed E-state index contributed by atoms with van der Waals surface area (Å²) in [4.78, 5) is 43.5. The molecule has 3 amide bonds. The first kappa shape index (κ1) is 29.4. The summed E-state index contributed by atoms with van der Waals surface area (Å²) in [5, 5.41) is 3.15. The van der Waals surface area contributed by atoms with Crippen molar-refractivity contribution in [3.8, 4) is 5.75 Å². The molecule has 2 aliphatic heterocycles. The fourth-order valence-corrected chi connectivity index (χ4v) is 5.48. The highest BCUT2D eigenvalue weighted by atomic mass is 32.1. The Hall–Kier alpha value is -3.57. The van der Waals surface area contributed by atoms with E-state index in [1.807, 2.05) is 6.92 Å². The number of piperidine rings is 1. The molecule has 2 aromatic carbocycles. The van der Waals surface area contributed by atoms with E-state index < -0.39 is 11.9 Å². The highest BCUT2D eigenvalue weighted by Gasteiger charge is 2.44. The number of hydrogen-bond donors (Lipinski definition) is 2. The van der Waals surface area contributed by atoms with Crippen molar-refractivity contribution in [3.05, 3.63) is 54.3 Å². The topological polar surface area (TPSA) is 108 Å². The normalized spacial score (nSPS) is 18.3. The van der Waals surface area contributed by atoms with Crippen molar-refractivity contribution in [2.45, 2.75) is 45.1 Å². The fourth-order valence-electron chi connectivity index (χ4n) is 5.06. The van der Waals surface area contributed by atoms with Gasteiger partial charge in [-0.3, -0.25) is 19.3 Å². The summed E-state index contributed by atoms with van der Waals surface area (Å²) in [5.41, 5.74) is 6.51. The van der Waals surface area contributed by atoms with Crippen LogP contribution in [0, 0.1) is 11.7 Å². The molecule has 1 atom stereocenters. The predicted molar refractivity (Wildman–Crippen MR) is 155 cm³/mol. The van der Waals surface area contributed by atoms with Crippen LogP contribution in [0.4, 0.5) is 15.8 Å². The van der Waals surface area contributed by atoms with E-state index in [4.69, 9.17) is 22.7 Å². The third-order valence-electron chi connectivity index (χ3n) is 7.26. The Balaban J connectivity index is 1.41. The Morgan fingerprint density at radius 1 is 1.07 bits per heavy atom. The van der Waals surface area contributed by atoms with Gasteiger partial charge < -0.3 is 25.6 Å². The lowest BCUT2D eigenvalue weighted by Crippen LogP contribution is -2.41. The zero-order valence-electron chi connectivity index (χ0n) is 22.7. The number of thiocarbonyl (C=S) groups is 1. The van der Waals surface area contributed by atoms with Crippen molar-refractivity contribution < 1.29 is 23.5 Å². The van der Waals surface area contributed by atoms with Crippen LogP contribution in [-0.2, 0) is 14.4 Å². The number of carbonyl (C=O) groups is 3. The minimum Gasteiger partial charge on any atom is -0.494 e. The van der Waals surface area contributed by atoms with Crippen LogP contribution in [0.5, 0.6) is 5.75 Å². The van der Waals surface area contributed by atoms with Gasteiger partial charge in [0.15, 0.2) is 5.11 Å². The number of anilines is 2. The molecule has 0 saturated carbocycles. The van der Waals surface area contributed by atoms with Gasteiger partial charge in [-0.1, -0.05) is 6.92 Å². The second-order valence-corrected chi connectivity index (χ2v) is 10.5. The van der Waals surface area contributed by atoms with Crippen molar-refractivity contribution in [3.63, 3.8) is 0 Å². The first-order chi connectivity index (χ1) is 19.3. The molecule has 0 radical (unpaired) electrons. The van der Waals surface area contributed by atoms with E-state index in [0.717, 1.165) is 44.6 Å². The summed E-state index contributed by atoms with van der Waals surface area (Å²) >= 11 is 5.70. The predicted octanol–water partition coefficient (Wildman–Crippen LogP) is 3.53. The zero-order chi connectivity index (χ0) is 28.6. The van der Waals surface area contributed by atoms with Gasteiger partial charge >= 0.3 is 0 Å². The van der Waals surface area contributed by atoms with E-state index in [-0.39, 0.29) is 30.1 Å². The van der Waals surface area contributed by atoms with Crippen molar-refractivity contribution in [2.75, 3.05) is 43.0 Å². The molecule has 2 aromatic rings. The van der Waals surface area contributed by atoms with E-state index in [2.05, 4.69) is 10.2 Å². The molecule has 214 valence electrons. The molecule has 2 fully saturated rings. The van der Waals surface area contributed by atoms with Gasteiger partial charge in [-0.15, -0.1) is 0 Å². The molecular weight excluding hydrogens is 533 g/mol. The fraction of sp³-hybridized carbons (Fsp3) is 0.448. The minimum atomic E-state index is -0.787. The lowest BCUT2D eigenvalue weighted by atomic mass is 9.96. The highest BCUT2D eigenvalue weighted by Crippen LogP contribution is 2.28. The first-order valence-corrected chi connectivity index (χ1v) is 14.1. The number of carbonyl (C=O) groups excluding carboxylic acids is 3. The summed E-state index contributed by atoms with van der Waals surface area (Å²) in [6.45, 7) is 5.44. The highest BCUT2D eigenvalue weighted by molar-refractivity contribution is 7.80. The number of amides is 3. The summed E-state index contributed by atoms with van der Waals surface area (Å²) < 4.78 is 19.1. The molecule has 0 spiro atoms. The molecule has 2 heterocycles. The molecule has 0 bridgehead atoms. The molecule has 3 N–H and O–H groups in total. The molecule has 0 aromatic heterocycles. The van der Waals surface area contributed by atoms with Crippen molar-refractivity contribution in [1.29, 1.82) is 0 Å². The van der Waals surface area contributed by atoms with Gasteiger partial charge in [0.1, 0.15) is 17.6 Å². The molecule has 4 rings (SSSR count). The van der Waals surface area contributed by atoms with E-state index in [1.54, 1.807) is 29.2 Å². The number of hydrogen-bond acceptors (Lipinski definition) is 6. The third-order valence-corrected chi connectivity index (χ3v) is 7.67. The maximum atomic E-state index is 13.6. The quantitative estimate of drug-likeness (QED) is 0.377. The van der Waals surface area contributed by atoms with E-state index in [0.29, 0.717) is 36.1 Å². The maximum Gasteiger partial charge on any atom is 0.256 e. The Kier molecular flexibility index (Phi) is 10.1. The second kappa shape index (κ2) is 13.7. The zero-order valence-corrected chi connectivity index (χ0v) is 23.5. The SMILES string of the molecule is CCCOc1ccc(NC(=O)C[C@H]2C(=O)N(c3ccc(F)cc3)C(=S)N2CCCN2CCC(C(N)=O)CC2)cc1. The van der Waals surface area contributed by atoms with Crippen LogP contribution in [0.1, 0.15) is 39.0 Å². The monoisotopic (exact) mass is 569 g/mol. The van der Waals surface area contributed by atoms with Crippen LogP contribution in [0.25, 0.3) is 0 Å². The lowest BCUT2D eigenvalue weighted by molar-refractivity contribution is -0.124. The molecule has 11 heteroatoms. The van der Waals surface area contributed by atoms with Gasteiger partial charge in [0.05, 0.1) is 18.7 Å². The number of nitrogens with zero attached hydrogens (tertiary/aromatic N) is 3. The lowest BCUT2D eigenvalue weighted by Gasteiger charge is -2.31. The van der Waals surface area contributed by atoms with E-state index >= 15 is 0 Å². The van der Waals surface area contributed by atoms with E-state index in [9.17, 15) is 18.8 Å².